The Bertz CT molecular complexity index is 798. The fraction of sp³-hybridized carbons (Fsp3) is 0.571. The minimum Gasteiger partial charge on any atom is -0.492 e. The number of halogens is 1. The number of amides is 1. The SMILES string of the molecule is C[C@@H](OC(=O)[C@@H]1COc2ccc(Cl)cc2C1)C(=O)N(C)C1(C#N)CCCCC1. The summed E-state index contributed by atoms with van der Waals surface area (Å²) in [4.78, 5) is 26.9. The standard InChI is InChI=1S/C21H25ClN2O4/c1-14(19(25)24(2)21(13-23)8-4-3-5-9-21)28-20(26)16-10-15-11-17(22)6-7-18(15)27-12-16/h6-7,11,14,16H,3-5,8-10,12H2,1-2H3/t14-,16+/m1/s1. The van der Waals surface area contributed by atoms with Gasteiger partial charge in [-0.1, -0.05) is 30.9 Å². The molecule has 0 radical (unpaired) electrons. The number of esters is 1. The van der Waals surface area contributed by atoms with Crippen LogP contribution in [0.2, 0.25) is 5.02 Å². The van der Waals surface area contributed by atoms with Gasteiger partial charge in [-0.3, -0.25) is 9.59 Å². The van der Waals surface area contributed by atoms with Crippen LogP contribution in [0.25, 0.3) is 0 Å². The first kappa shape index (κ1) is 20.5. The summed E-state index contributed by atoms with van der Waals surface area (Å²) in [6.45, 7) is 1.76. The zero-order valence-electron chi connectivity index (χ0n) is 16.2. The van der Waals surface area contributed by atoms with Gasteiger partial charge >= 0.3 is 5.97 Å². The summed E-state index contributed by atoms with van der Waals surface area (Å²) in [6.07, 6.45) is 3.71. The minimum absolute atomic E-state index is 0.201. The maximum Gasteiger partial charge on any atom is 0.313 e. The molecule has 0 N–H and O–H groups in total. The Labute approximate surface area is 170 Å². The first-order valence-corrected chi connectivity index (χ1v) is 10.0. The van der Waals surface area contributed by atoms with E-state index in [1.807, 2.05) is 0 Å². The molecule has 1 aromatic carbocycles. The molecule has 28 heavy (non-hydrogen) atoms. The van der Waals surface area contributed by atoms with Gasteiger partial charge in [0.25, 0.3) is 5.91 Å². The molecule has 1 aromatic rings. The van der Waals surface area contributed by atoms with E-state index in [1.165, 1.54) is 4.90 Å². The van der Waals surface area contributed by atoms with Crippen molar-refractivity contribution < 1.29 is 19.1 Å². The highest BCUT2D eigenvalue weighted by molar-refractivity contribution is 6.30. The Morgan fingerprint density at radius 2 is 2.07 bits per heavy atom. The van der Waals surface area contributed by atoms with Crippen LogP contribution >= 0.6 is 11.6 Å². The molecule has 1 fully saturated rings. The Kier molecular flexibility index (Phi) is 6.14. The number of ether oxygens (including phenoxy) is 2. The minimum atomic E-state index is -0.953. The lowest BCUT2D eigenvalue weighted by Gasteiger charge is -2.40. The molecule has 0 aromatic heterocycles. The van der Waals surface area contributed by atoms with Gasteiger partial charge in [0.1, 0.15) is 17.9 Å². The molecule has 0 spiro atoms. The Hall–Kier alpha value is -2.26. The average Bonchev–Trinajstić information content (AvgIpc) is 2.72. The summed E-state index contributed by atoms with van der Waals surface area (Å²) in [5.41, 5.74) is 0.0436. The van der Waals surface area contributed by atoms with Gasteiger partial charge in [-0.2, -0.15) is 5.26 Å². The lowest BCUT2D eigenvalue weighted by molar-refractivity contribution is -0.165. The van der Waals surface area contributed by atoms with Gasteiger partial charge < -0.3 is 14.4 Å². The molecule has 0 unspecified atom stereocenters. The Morgan fingerprint density at radius 1 is 1.36 bits per heavy atom. The average molecular weight is 405 g/mol. The Morgan fingerprint density at radius 3 is 2.75 bits per heavy atom. The van der Waals surface area contributed by atoms with E-state index < -0.39 is 23.5 Å². The number of fused-ring (bicyclic) bond motifs is 1. The van der Waals surface area contributed by atoms with Crippen LogP contribution in [0, 0.1) is 17.2 Å². The fourth-order valence-electron chi connectivity index (χ4n) is 3.98. The third kappa shape index (κ3) is 4.10. The van der Waals surface area contributed by atoms with Crippen LogP contribution in [0.5, 0.6) is 5.75 Å². The maximum atomic E-state index is 12.8. The number of benzene rings is 1. The summed E-state index contributed by atoms with van der Waals surface area (Å²) in [6, 6.07) is 7.62. The molecule has 1 saturated carbocycles. The van der Waals surface area contributed by atoms with E-state index >= 15 is 0 Å². The lowest BCUT2D eigenvalue weighted by atomic mass is 9.81. The molecule has 2 aliphatic rings. The van der Waals surface area contributed by atoms with Crippen molar-refractivity contribution in [2.45, 2.75) is 57.1 Å². The van der Waals surface area contributed by atoms with Crippen LogP contribution in [0.4, 0.5) is 0 Å². The maximum absolute atomic E-state index is 12.8. The van der Waals surface area contributed by atoms with Gasteiger partial charge in [0.05, 0.1) is 12.0 Å². The molecule has 0 saturated heterocycles. The van der Waals surface area contributed by atoms with Gasteiger partial charge in [0.15, 0.2) is 6.10 Å². The van der Waals surface area contributed by atoms with Crippen molar-refractivity contribution in [3.63, 3.8) is 0 Å². The number of rotatable bonds is 4. The van der Waals surface area contributed by atoms with Crippen LogP contribution in [-0.2, 0) is 20.7 Å². The van der Waals surface area contributed by atoms with Crippen molar-refractivity contribution in [2.24, 2.45) is 5.92 Å². The highest BCUT2D eigenvalue weighted by atomic mass is 35.5. The van der Waals surface area contributed by atoms with Crippen molar-refractivity contribution in [2.75, 3.05) is 13.7 Å². The molecule has 1 aliphatic heterocycles. The molecular weight excluding hydrogens is 380 g/mol. The molecule has 150 valence electrons. The normalized spacial score (nSPS) is 21.4. The summed E-state index contributed by atoms with van der Waals surface area (Å²) in [5, 5.41) is 10.2. The molecule has 6 nitrogen and oxygen atoms in total. The monoisotopic (exact) mass is 404 g/mol. The van der Waals surface area contributed by atoms with Gasteiger partial charge in [-0.15, -0.1) is 0 Å². The number of nitriles is 1. The van der Waals surface area contributed by atoms with Crippen molar-refractivity contribution >= 4 is 23.5 Å². The zero-order valence-corrected chi connectivity index (χ0v) is 17.0. The first-order valence-electron chi connectivity index (χ1n) is 9.67. The third-order valence-electron chi connectivity index (χ3n) is 5.76. The van der Waals surface area contributed by atoms with Gasteiger partial charge in [0.2, 0.25) is 0 Å². The van der Waals surface area contributed by atoms with Crippen LogP contribution in [0.1, 0.15) is 44.6 Å². The third-order valence-corrected chi connectivity index (χ3v) is 6.00. The second-order valence-corrected chi connectivity index (χ2v) is 8.08. The number of likely N-dealkylation sites (N-methyl/N-ethyl adjacent to an activating group) is 1. The molecule has 1 aliphatic carbocycles. The number of hydrogen-bond donors (Lipinski definition) is 0. The molecule has 7 heteroatoms. The van der Waals surface area contributed by atoms with Crippen molar-refractivity contribution in [3.8, 4) is 11.8 Å². The van der Waals surface area contributed by atoms with Crippen LogP contribution in [-0.4, -0.2) is 42.1 Å². The number of nitrogens with zero attached hydrogens (tertiary/aromatic N) is 2. The van der Waals surface area contributed by atoms with Crippen molar-refractivity contribution in [1.29, 1.82) is 5.26 Å². The number of carbonyl (C=O) groups is 2. The molecule has 1 heterocycles. The summed E-state index contributed by atoms with van der Waals surface area (Å²) < 4.78 is 11.1. The number of hydrogen-bond acceptors (Lipinski definition) is 5. The van der Waals surface area contributed by atoms with E-state index in [0.29, 0.717) is 30.0 Å². The van der Waals surface area contributed by atoms with Gasteiger partial charge in [-0.05, 0) is 49.9 Å². The highest BCUT2D eigenvalue weighted by Gasteiger charge is 2.41. The zero-order chi connectivity index (χ0) is 20.3. The molecule has 3 rings (SSSR count). The van der Waals surface area contributed by atoms with Gasteiger partial charge in [-0.25, -0.2) is 0 Å². The van der Waals surface area contributed by atoms with Crippen molar-refractivity contribution in [1.82, 2.24) is 4.90 Å². The quantitative estimate of drug-likeness (QED) is 0.717. The van der Waals surface area contributed by atoms with Crippen LogP contribution in [0.3, 0.4) is 0 Å². The highest BCUT2D eigenvalue weighted by Crippen LogP contribution is 2.33. The van der Waals surface area contributed by atoms with E-state index in [9.17, 15) is 14.9 Å². The molecule has 0 bridgehead atoms. The fourth-order valence-corrected chi connectivity index (χ4v) is 4.17. The lowest BCUT2D eigenvalue weighted by Crippen LogP contribution is -2.53. The van der Waals surface area contributed by atoms with Crippen LogP contribution < -0.4 is 4.74 Å². The predicted octanol–water partition coefficient (Wildman–Crippen LogP) is 3.51. The molecule has 1 amide bonds. The van der Waals surface area contributed by atoms with Gasteiger partial charge in [0, 0.05) is 12.1 Å². The van der Waals surface area contributed by atoms with Crippen LogP contribution in [0.15, 0.2) is 18.2 Å². The van der Waals surface area contributed by atoms with Crippen molar-refractivity contribution in [3.05, 3.63) is 28.8 Å². The Balaban J connectivity index is 1.62. The van der Waals surface area contributed by atoms with E-state index in [1.54, 1.807) is 32.2 Å². The molecular formula is C21H25ClN2O4. The van der Waals surface area contributed by atoms with E-state index in [0.717, 1.165) is 24.8 Å². The molecule has 2 atom stereocenters. The first-order chi connectivity index (χ1) is 13.4. The van der Waals surface area contributed by atoms with E-state index in [4.69, 9.17) is 21.1 Å². The smallest absolute Gasteiger partial charge is 0.313 e. The van der Waals surface area contributed by atoms with E-state index in [2.05, 4.69) is 6.07 Å². The second kappa shape index (κ2) is 8.40. The predicted molar refractivity (Wildman–Crippen MR) is 104 cm³/mol. The summed E-state index contributed by atoms with van der Waals surface area (Å²) in [7, 11) is 1.63. The topological polar surface area (TPSA) is 79.6 Å². The second-order valence-electron chi connectivity index (χ2n) is 7.64. The largest absolute Gasteiger partial charge is 0.492 e. The summed E-state index contributed by atoms with van der Waals surface area (Å²) >= 11 is 6.02. The van der Waals surface area contributed by atoms with E-state index in [-0.39, 0.29) is 12.5 Å². The number of carbonyl (C=O) groups excluding carboxylic acids is 2. The summed E-state index contributed by atoms with van der Waals surface area (Å²) in [5.74, 6) is -0.608.